The second-order valence-corrected chi connectivity index (χ2v) is 8.87. The molecule has 0 radical (unpaired) electrons. The molecule has 1 heterocycles. The summed E-state index contributed by atoms with van der Waals surface area (Å²) in [7, 11) is -3.60. The van der Waals surface area contributed by atoms with Gasteiger partial charge in [-0.1, -0.05) is 29.3 Å². The first-order chi connectivity index (χ1) is 12.3. The molecule has 1 amide bonds. The lowest BCUT2D eigenvalue weighted by Gasteiger charge is -2.16. The standard InChI is InChI=1S/C19H21ClN2O3S/c1-13-5-8-18(14(2)11-13)21-19(23)16-12-15(6-7-17(16)20)26(24,25)22-9-3-4-10-22/h5-8,11-12H,3-4,9-10H2,1-2H3,(H,21,23). The van der Waals surface area contributed by atoms with Crippen molar-refractivity contribution in [3.05, 3.63) is 58.1 Å². The summed E-state index contributed by atoms with van der Waals surface area (Å²) in [6.45, 7) is 4.89. The number of hydrogen-bond acceptors (Lipinski definition) is 3. The summed E-state index contributed by atoms with van der Waals surface area (Å²) in [4.78, 5) is 12.8. The van der Waals surface area contributed by atoms with Gasteiger partial charge in [0.25, 0.3) is 5.91 Å². The summed E-state index contributed by atoms with van der Waals surface area (Å²) in [6, 6.07) is 9.95. The molecule has 0 bridgehead atoms. The van der Waals surface area contributed by atoms with Crippen LogP contribution in [0.25, 0.3) is 0 Å². The van der Waals surface area contributed by atoms with Gasteiger partial charge in [0.1, 0.15) is 0 Å². The van der Waals surface area contributed by atoms with Crippen molar-refractivity contribution < 1.29 is 13.2 Å². The fourth-order valence-electron chi connectivity index (χ4n) is 3.06. The molecule has 0 unspecified atom stereocenters. The quantitative estimate of drug-likeness (QED) is 0.855. The van der Waals surface area contributed by atoms with E-state index >= 15 is 0 Å². The number of carbonyl (C=O) groups excluding carboxylic acids is 1. The normalized spacial score (nSPS) is 15.2. The lowest BCUT2D eigenvalue weighted by Crippen LogP contribution is -2.28. The highest BCUT2D eigenvalue weighted by molar-refractivity contribution is 7.89. The van der Waals surface area contributed by atoms with E-state index in [9.17, 15) is 13.2 Å². The average molecular weight is 393 g/mol. The van der Waals surface area contributed by atoms with Gasteiger partial charge in [-0.2, -0.15) is 4.31 Å². The van der Waals surface area contributed by atoms with E-state index in [1.54, 1.807) is 0 Å². The number of amides is 1. The number of benzene rings is 2. The first kappa shape index (κ1) is 18.9. The Morgan fingerprint density at radius 2 is 1.77 bits per heavy atom. The van der Waals surface area contributed by atoms with Crippen LogP contribution in [0.4, 0.5) is 5.69 Å². The van der Waals surface area contributed by atoms with Crippen LogP contribution in [0, 0.1) is 13.8 Å². The Morgan fingerprint density at radius 3 is 2.42 bits per heavy atom. The molecule has 1 fully saturated rings. The Kier molecular flexibility index (Phi) is 5.37. The first-order valence-electron chi connectivity index (χ1n) is 8.47. The lowest BCUT2D eigenvalue weighted by molar-refractivity contribution is 0.102. The SMILES string of the molecule is Cc1ccc(NC(=O)c2cc(S(=O)(=O)N3CCCC3)ccc2Cl)c(C)c1. The predicted octanol–water partition coefficient (Wildman–Crippen LogP) is 3.99. The van der Waals surface area contributed by atoms with Crippen LogP contribution in [-0.4, -0.2) is 31.7 Å². The van der Waals surface area contributed by atoms with E-state index in [1.807, 2.05) is 32.0 Å². The topological polar surface area (TPSA) is 66.5 Å². The van der Waals surface area contributed by atoms with E-state index in [0.29, 0.717) is 18.8 Å². The van der Waals surface area contributed by atoms with Gasteiger partial charge in [0, 0.05) is 18.8 Å². The van der Waals surface area contributed by atoms with E-state index in [-0.39, 0.29) is 15.5 Å². The van der Waals surface area contributed by atoms with Crippen molar-refractivity contribution in [1.82, 2.24) is 4.31 Å². The largest absolute Gasteiger partial charge is 0.322 e. The van der Waals surface area contributed by atoms with Crippen molar-refractivity contribution in [3.63, 3.8) is 0 Å². The van der Waals surface area contributed by atoms with Crippen molar-refractivity contribution in [2.45, 2.75) is 31.6 Å². The van der Waals surface area contributed by atoms with Gasteiger partial charge in [0.15, 0.2) is 0 Å². The second-order valence-electron chi connectivity index (χ2n) is 6.53. The van der Waals surface area contributed by atoms with Crippen LogP contribution in [0.1, 0.15) is 34.3 Å². The second kappa shape index (κ2) is 7.39. The summed E-state index contributed by atoms with van der Waals surface area (Å²) in [5.74, 6) is -0.430. The van der Waals surface area contributed by atoms with Crippen molar-refractivity contribution in [1.29, 1.82) is 0 Å². The summed E-state index contributed by atoms with van der Waals surface area (Å²) < 4.78 is 26.9. The van der Waals surface area contributed by atoms with Gasteiger partial charge >= 0.3 is 0 Å². The number of halogens is 1. The highest BCUT2D eigenvalue weighted by Crippen LogP contribution is 2.26. The van der Waals surface area contributed by atoms with Crippen LogP contribution in [0.3, 0.4) is 0 Å². The van der Waals surface area contributed by atoms with Gasteiger partial charge in [-0.05, 0) is 56.5 Å². The molecule has 7 heteroatoms. The van der Waals surface area contributed by atoms with E-state index in [1.165, 1.54) is 22.5 Å². The summed E-state index contributed by atoms with van der Waals surface area (Å²) >= 11 is 6.16. The van der Waals surface area contributed by atoms with Crippen LogP contribution in [-0.2, 0) is 10.0 Å². The minimum atomic E-state index is -3.60. The maximum Gasteiger partial charge on any atom is 0.257 e. The van der Waals surface area contributed by atoms with Gasteiger partial charge < -0.3 is 5.32 Å². The summed E-state index contributed by atoms with van der Waals surface area (Å²) in [6.07, 6.45) is 1.71. The Morgan fingerprint density at radius 1 is 1.08 bits per heavy atom. The molecule has 0 spiro atoms. The van der Waals surface area contributed by atoms with Crippen LogP contribution >= 0.6 is 11.6 Å². The zero-order chi connectivity index (χ0) is 18.9. The third-order valence-corrected chi connectivity index (χ3v) is 6.74. The van der Waals surface area contributed by atoms with E-state index < -0.39 is 15.9 Å². The minimum Gasteiger partial charge on any atom is -0.322 e. The van der Waals surface area contributed by atoms with Crippen molar-refractivity contribution in [3.8, 4) is 0 Å². The monoisotopic (exact) mass is 392 g/mol. The van der Waals surface area contributed by atoms with Gasteiger partial charge in [-0.15, -0.1) is 0 Å². The molecule has 0 aliphatic carbocycles. The third-order valence-electron chi connectivity index (χ3n) is 4.52. The molecular weight excluding hydrogens is 372 g/mol. The maximum atomic E-state index is 12.7. The van der Waals surface area contributed by atoms with E-state index in [0.717, 1.165) is 24.0 Å². The number of anilines is 1. The first-order valence-corrected chi connectivity index (χ1v) is 10.3. The van der Waals surface area contributed by atoms with E-state index in [4.69, 9.17) is 11.6 Å². The molecule has 2 aromatic rings. The van der Waals surface area contributed by atoms with Crippen molar-refractivity contribution in [2.75, 3.05) is 18.4 Å². The molecule has 1 aliphatic rings. The number of hydrogen-bond donors (Lipinski definition) is 1. The molecule has 1 aliphatic heterocycles. The summed E-state index contributed by atoms with van der Waals surface area (Å²) in [5, 5.41) is 3.03. The molecule has 26 heavy (non-hydrogen) atoms. The Balaban J connectivity index is 1.91. The number of rotatable bonds is 4. The number of carbonyl (C=O) groups is 1. The molecule has 138 valence electrons. The predicted molar refractivity (Wildman–Crippen MR) is 103 cm³/mol. The number of nitrogens with one attached hydrogen (secondary N) is 1. The van der Waals surface area contributed by atoms with Gasteiger partial charge in [0.2, 0.25) is 10.0 Å². The minimum absolute atomic E-state index is 0.0922. The van der Waals surface area contributed by atoms with Gasteiger partial charge in [-0.25, -0.2) is 8.42 Å². The highest BCUT2D eigenvalue weighted by Gasteiger charge is 2.28. The summed E-state index contributed by atoms with van der Waals surface area (Å²) in [5.41, 5.74) is 2.84. The maximum absolute atomic E-state index is 12.7. The van der Waals surface area contributed by atoms with Gasteiger partial charge in [-0.3, -0.25) is 4.79 Å². The van der Waals surface area contributed by atoms with Gasteiger partial charge in [0.05, 0.1) is 15.5 Å². The number of sulfonamides is 1. The zero-order valence-electron chi connectivity index (χ0n) is 14.8. The molecule has 0 aromatic heterocycles. The number of aryl methyl sites for hydroxylation is 2. The fraction of sp³-hybridized carbons (Fsp3) is 0.316. The average Bonchev–Trinajstić information content (AvgIpc) is 3.13. The fourth-order valence-corrected chi connectivity index (χ4v) is 4.81. The number of nitrogens with zero attached hydrogens (tertiary/aromatic N) is 1. The lowest BCUT2D eigenvalue weighted by atomic mass is 10.1. The van der Waals surface area contributed by atoms with E-state index in [2.05, 4.69) is 5.32 Å². The van der Waals surface area contributed by atoms with Crippen LogP contribution in [0.15, 0.2) is 41.3 Å². The molecule has 1 N–H and O–H groups in total. The van der Waals surface area contributed by atoms with Crippen molar-refractivity contribution >= 4 is 33.2 Å². The third kappa shape index (κ3) is 3.77. The Hall–Kier alpha value is -1.89. The molecule has 0 saturated carbocycles. The zero-order valence-corrected chi connectivity index (χ0v) is 16.3. The Bertz CT molecular complexity index is 951. The molecule has 1 saturated heterocycles. The van der Waals surface area contributed by atoms with Crippen LogP contribution in [0.5, 0.6) is 0 Å². The van der Waals surface area contributed by atoms with Crippen LogP contribution in [0.2, 0.25) is 5.02 Å². The smallest absolute Gasteiger partial charge is 0.257 e. The molecule has 3 rings (SSSR count). The molecule has 5 nitrogen and oxygen atoms in total. The Labute approximate surface area is 159 Å². The van der Waals surface area contributed by atoms with Crippen molar-refractivity contribution in [2.24, 2.45) is 0 Å². The molecule has 0 atom stereocenters. The van der Waals surface area contributed by atoms with Crippen LogP contribution < -0.4 is 5.32 Å². The molecule has 2 aromatic carbocycles. The molecular formula is C19H21ClN2O3S. The highest BCUT2D eigenvalue weighted by atomic mass is 35.5.